The van der Waals surface area contributed by atoms with E-state index in [-0.39, 0.29) is 18.3 Å². The zero-order valence-electron chi connectivity index (χ0n) is 14.3. The third kappa shape index (κ3) is 3.47. The molecule has 0 unspecified atom stereocenters. The predicted molar refractivity (Wildman–Crippen MR) is 101 cm³/mol. The lowest BCUT2D eigenvalue weighted by Gasteiger charge is -2.03. The fourth-order valence-electron chi connectivity index (χ4n) is 2.78. The Bertz CT molecular complexity index is 1070. The Labute approximate surface area is 150 Å². The Hall–Kier alpha value is -3.47. The van der Waals surface area contributed by atoms with Gasteiger partial charge in [0.2, 0.25) is 11.8 Å². The molecule has 0 saturated heterocycles. The lowest BCUT2D eigenvalue weighted by Crippen LogP contribution is -2.14. The summed E-state index contributed by atoms with van der Waals surface area (Å²) in [5.41, 5.74) is 2.90. The monoisotopic (exact) mass is 343 g/mol. The number of anilines is 1. The summed E-state index contributed by atoms with van der Waals surface area (Å²) >= 11 is 0. The van der Waals surface area contributed by atoms with Crippen molar-refractivity contribution in [2.75, 3.05) is 5.32 Å². The van der Waals surface area contributed by atoms with Crippen LogP contribution in [0.3, 0.4) is 0 Å². The average Bonchev–Trinajstić information content (AvgIpc) is 3.10. The molecule has 0 aliphatic carbocycles. The summed E-state index contributed by atoms with van der Waals surface area (Å²) in [5, 5.41) is 12.8. The number of aryl methyl sites for hydroxylation is 1. The Kier molecular flexibility index (Phi) is 4.19. The molecule has 5 nitrogen and oxygen atoms in total. The smallest absolute Gasteiger partial charge is 0.322 e. The van der Waals surface area contributed by atoms with Gasteiger partial charge in [-0.3, -0.25) is 10.1 Å². The molecule has 26 heavy (non-hydrogen) atoms. The van der Waals surface area contributed by atoms with Gasteiger partial charge < -0.3 is 4.42 Å². The van der Waals surface area contributed by atoms with Crippen LogP contribution < -0.4 is 5.32 Å². The summed E-state index contributed by atoms with van der Waals surface area (Å²) in [5.74, 6) is 0.186. The van der Waals surface area contributed by atoms with Crippen LogP contribution in [0.1, 0.15) is 11.1 Å². The Balaban J connectivity index is 1.45. The molecule has 0 aliphatic rings. The molecule has 0 radical (unpaired) electrons. The molecule has 0 saturated carbocycles. The first kappa shape index (κ1) is 16.0. The third-order valence-electron chi connectivity index (χ3n) is 4.15. The van der Waals surface area contributed by atoms with Crippen LogP contribution in [-0.4, -0.2) is 16.1 Å². The first-order valence-corrected chi connectivity index (χ1v) is 8.35. The highest BCUT2D eigenvalue weighted by Gasteiger charge is 2.12. The van der Waals surface area contributed by atoms with Crippen LogP contribution in [0.4, 0.5) is 6.01 Å². The van der Waals surface area contributed by atoms with Crippen molar-refractivity contribution in [1.82, 2.24) is 10.2 Å². The van der Waals surface area contributed by atoms with E-state index in [2.05, 4.69) is 15.5 Å². The van der Waals surface area contributed by atoms with Gasteiger partial charge in [0.05, 0.1) is 6.42 Å². The maximum absolute atomic E-state index is 12.3. The van der Waals surface area contributed by atoms with E-state index >= 15 is 0 Å². The molecule has 1 heterocycles. The van der Waals surface area contributed by atoms with E-state index in [9.17, 15) is 4.79 Å². The van der Waals surface area contributed by atoms with E-state index in [1.54, 1.807) is 0 Å². The van der Waals surface area contributed by atoms with Gasteiger partial charge in [0.25, 0.3) is 0 Å². The maximum Gasteiger partial charge on any atom is 0.322 e. The number of rotatable bonds is 4. The summed E-state index contributed by atoms with van der Waals surface area (Å²) in [4.78, 5) is 12.3. The van der Waals surface area contributed by atoms with Gasteiger partial charge in [0, 0.05) is 5.56 Å². The van der Waals surface area contributed by atoms with Gasteiger partial charge in [-0.2, -0.15) is 0 Å². The number of carbonyl (C=O) groups excluding carboxylic acids is 1. The zero-order chi connectivity index (χ0) is 17.9. The summed E-state index contributed by atoms with van der Waals surface area (Å²) in [6, 6.07) is 21.9. The van der Waals surface area contributed by atoms with Crippen LogP contribution in [0.2, 0.25) is 0 Å². The van der Waals surface area contributed by atoms with Crippen molar-refractivity contribution < 1.29 is 9.21 Å². The highest BCUT2D eigenvalue weighted by Crippen LogP contribution is 2.20. The van der Waals surface area contributed by atoms with E-state index in [0.717, 1.165) is 27.5 Å². The second kappa shape index (κ2) is 6.80. The fourth-order valence-corrected chi connectivity index (χ4v) is 2.78. The molecule has 1 amide bonds. The minimum Gasteiger partial charge on any atom is -0.403 e. The molecule has 4 aromatic rings. The van der Waals surface area contributed by atoms with Crippen molar-refractivity contribution in [1.29, 1.82) is 0 Å². The molecule has 0 spiro atoms. The summed E-state index contributed by atoms with van der Waals surface area (Å²) < 4.78 is 5.53. The van der Waals surface area contributed by atoms with Crippen molar-refractivity contribution >= 4 is 22.7 Å². The number of carbonyl (C=O) groups is 1. The third-order valence-corrected chi connectivity index (χ3v) is 4.15. The lowest BCUT2D eigenvalue weighted by atomic mass is 10.1. The molecule has 0 aliphatic heterocycles. The molecule has 1 aromatic heterocycles. The SMILES string of the molecule is Cc1ccc(-c2nnc(NC(=O)Cc3ccc4ccccc4c3)o2)cc1. The Morgan fingerprint density at radius 3 is 2.54 bits per heavy atom. The van der Waals surface area contributed by atoms with Crippen LogP contribution >= 0.6 is 0 Å². The molecule has 0 bridgehead atoms. The van der Waals surface area contributed by atoms with Crippen LogP contribution in [0.5, 0.6) is 0 Å². The molecular formula is C21H17N3O2. The largest absolute Gasteiger partial charge is 0.403 e. The number of benzene rings is 3. The molecule has 0 atom stereocenters. The zero-order valence-corrected chi connectivity index (χ0v) is 14.3. The summed E-state index contributed by atoms with van der Waals surface area (Å²) in [6.45, 7) is 2.01. The molecular weight excluding hydrogens is 326 g/mol. The quantitative estimate of drug-likeness (QED) is 0.597. The van der Waals surface area contributed by atoms with Gasteiger partial charge in [-0.25, -0.2) is 0 Å². The van der Waals surface area contributed by atoms with Crippen LogP contribution in [0.25, 0.3) is 22.2 Å². The highest BCUT2D eigenvalue weighted by molar-refractivity contribution is 5.91. The van der Waals surface area contributed by atoms with Crippen LogP contribution in [0, 0.1) is 6.92 Å². The second-order valence-electron chi connectivity index (χ2n) is 6.18. The van der Waals surface area contributed by atoms with E-state index < -0.39 is 0 Å². The topological polar surface area (TPSA) is 68.0 Å². The normalized spacial score (nSPS) is 10.8. The first-order chi connectivity index (χ1) is 12.7. The molecule has 1 N–H and O–H groups in total. The second-order valence-corrected chi connectivity index (χ2v) is 6.18. The summed E-state index contributed by atoms with van der Waals surface area (Å²) in [6.07, 6.45) is 0.243. The molecule has 3 aromatic carbocycles. The highest BCUT2D eigenvalue weighted by atomic mass is 16.4. The number of nitrogens with one attached hydrogen (secondary N) is 1. The molecule has 5 heteroatoms. The standard InChI is InChI=1S/C21H17N3O2/c1-14-6-9-17(10-7-14)20-23-24-21(26-20)22-19(25)13-15-8-11-16-4-2-3-5-18(16)12-15/h2-12H,13H2,1H3,(H,22,24,25). The van der Waals surface area contributed by atoms with Gasteiger partial charge >= 0.3 is 6.01 Å². The van der Waals surface area contributed by atoms with E-state index in [1.807, 2.05) is 73.7 Å². The Morgan fingerprint density at radius 1 is 0.962 bits per heavy atom. The van der Waals surface area contributed by atoms with Crippen molar-refractivity contribution in [2.24, 2.45) is 0 Å². The van der Waals surface area contributed by atoms with Crippen LogP contribution in [0.15, 0.2) is 71.1 Å². The average molecular weight is 343 g/mol. The van der Waals surface area contributed by atoms with Gasteiger partial charge in [-0.05, 0) is 35.4 Å². The van der Waals surface area contributed by atoms with E-state index in [0.29, 0.717) is 5.89 Å². The number of aromatic nitrogens is 2. The number of hydrogen-bond acceptors (Lipinski definition) is 4. The lowest BCUT2D eigenvalue weighted by molar-refractivity contribution is -0.115. The van der Waals surface area contributed by atoms with Gasteiger partial charge in [-0.1, -0.05) is 65.3 Å². The number of fused-ring (bicyclic) bond motifs is 1. The van der Waals surface area contributed by atoms with E-state index in [1.165, 1.54) is 0 Å². The summed E-state index contributed by atoms with van der Waals surface area (Å²) in [7, 11) is 0. The Morgan fingerprint density at radius 2 is 1.73 bits per heavy atom. The fraction of sp³-hybridized carbons (Fsp3) is 0.0952. The predicted octanol–water partition coefficient (Wildman–Crippen LogP) is 4.38. The van der Waals surface area contributed by atoms with Crippen molar-refractivity contribution in [2.45, 2.75) is 13.3 Å². The minimum atomic E-state index is -0.195. The molecule has 0 fully saturated rings. The van der Waals surface area contributed by atoms with E-state index in [4.69, 9.17) is 4.42 Å². The van der Waals surface area contributed by atoms with Crippen molar-refractivity contribution in [3.05, 3.63) is 77.9 Å². The number of nitrogens with zero attached hydrogens (tertiary/aromatic N) is 2. The molecule has 4 rings (SSSR count). The minimum absolute atomic E-state index is 0.103. The van der Waals surface area contributed by atoms with Crippen molar-refractivity contribution in [3.8, 4) is 11.5 Å². The van der Waals surface area contributed by atoms with Gasteiger partial charge in [0.1, 0.15) is 0 Å². The number of hydrogen-bond donors (Lipinski definition) is 1. The van der Waals surface area contributed by atoms with Gasteiger partial charge in [-0.15, -0.1) is 5.10 Å². The van der Waals surface area contributed by atoms with Crippen molar-refractivity contribution in [3.63, 3.8) is 0 Å². The van der Waals surface area contributed by atoms with Gasteiger partial charge in [0.15, 0.2) is 0 Å². The number of amides is 1. The first-order valence-electron chi connectivity index (χ1n) is 8.35. The van der Waals surface area contributed by atoms with Crippen LogP contribution in [-0.2, 0) is 11.2 Å². The molecule has 128 valence electrons. The maximum atomic E-state index is 12.3.